The molecular weight excluding hydrogens is 338 g/mol. The van der Waals surface area contributed by atoms with Crippen molar-refractivity contribution in [2.75, 3.05) is 6.54 Å². The maximum Gasteiger partial charge on any atom is 0.327 e. The van der Waals surface area contributed by atoms with E-state index < -0.39 is 0 Å². The van der Waals surface area contributed by atoms with E-state index in [4.69, 9.17) is 4.74 Å². The zero-order valence-corrected chi connectivity index (χ0v) is 14.8. The van der Waals surface area contributed by atoms with Gasteiger partial charge in [0.25, 0.3) is 5.91 Å². The number of thiazole rings is 1. The predicted molar refractivity (Wildman–Crippen MR) is 93.3 cm³/mol. The van der Waals surface area contributed by atoms with Crippen LogP contribution in [0.4, 0.5) is 4.79 Å². The predicted octanol–water partition coefficient (Wildman–Crippen LogP) is 2.96. The molecule has 0 unspecified atom stereocenters. The average molecular weight is 357 g/mol. The summed E-state index contributed by atoms with van der Waals surface area (Å²) in [6.07, 6.45) is 2.01. The molecule has 1 aromatic carbocycles. The third-order valence-electron chi connectivity index (χ3n) is 4.37. The van der Waals surface area contributed by atoms with E-state index >= 15 is 0 Å². The number of carbonyl (C=O) groups excluding carboxylic acids is 2. The monoisotopic (exact) mass is 357 g/mol. The third kappa shape index (κ3) is 3.51. The van der Waals surface area contributed by atoms with E-state index in [1.54, 1.807) is 4.90 Å². The molecule has 3 amide bonds. The van der Waals surface area contributed by atoms with Gasteiger partial charge in [0.2, 0.25) is 0 Å². The van der Waals surface area contributed by atoms with Gasteiger partial charge in [0, 0.05) is 11.4 Å². The Bertz CT molecular complexity index is 798. The van der Waals surface area contributed by atoms with Gasteiger partial charge in [-0.15, -0.1) is 11.3 Å². The van der Waals surface area contributed by atoms with E-state index in [0.717, 1.165) is 29.3 Å². The summed E-state index contributed by atoms with van der Waals surface area (Å²) in [6.45, 7) is 2.85. The summed E-state index contributed by atoms with van der Waals surface area (Å²) in [5, 5.41) is 2.71. The van der Waals surface area contributed by atoms with Crippen LogP contribution < -0.4 is 4.74 Å². The fourth-order valence-electron chi connectivity index (χ4n) is 2.82. The number of hydrogen-bond donors (Lipinski definition) is 0. The maximum atomic E-state index is 12.3. The molecule has 0 atom stereocenters. The first-order valence-electron chi connectivity index (χ1n) is 8.34. The molecule has 4 rings (SSSR count). The largest absolute Gasteiger partial charge is 0.486 e. The van der Waals surface area contributed by atoms with Crippen LogP contribution in [0.5, 0.6) is 5.75 Å². The van der Waals surface area contributed by atoms with Crippen LogP contribution in [0.3, 0.4) is 0 Å². The molecule has 1 aliphatic carbocycles. The van der Waals surface area contributed by atoms with E-state index in [-0.39, 0.29) is 31.1 Å². The molecule has 25 heavy (non-hydrogen) atoms. The Morgan fingerprint density at radius 2 is 2.00 bits per heavy atom. The Hall–Kier alpha value is -2.41. The second kappa shape index (κ2) is 6.48. The minimum absolute atomic E-state index is 0.137. The lowest BCUT2D eigenvalue weighted by Gasteiger charge is -2.15. The van der Waals surface area contributed by atoms with Crippen LogP contribution in [0.1, 0.15) is 29.1 Å². The van der Waals surface area contributed by atoms with Crippen molar-refractivity contribution in [2.24, 2.45) is 0 Å². The Morgan fingerprint density at radius 1 is 1.24 bits per heavy atom. The highest BCUT2D eigenvalue weighted by Crippen LogP contribution is 2.31. The summed E-state index contributed by atoms with van der Waals surface area (Å²) in [7, 11) is 0. The van der Waals surface area contributed by atoms with Gasteiger partial charge in [-0.1, -0.05) is 17.7 Å². The third-order valence-corrected chi connectivity index (χ3v) is 5.24. The summed E-state index contributed by atoms with van der Waals surface area (Å²) < 4.78 is 5.72. The first-order valence-corrected chi connectivity index (χ1v) is 9.22. The van der Waals surface area contributed by atoms with Crippen molar-refractivity contribution in [3.8, 4) is 5.75 Å². The van der Waals surface area contributed by atoms with Gasteiger partial charge in [-0.2, -0.15) is 0 Å². The smallest absolute Gasteiger partial charge is 0.327 e. The lowest BCUT2D eigenvalue weighted by Crippen LogP contribution is -2.33. The van der Waals surface area contributed by atoms with Gasteiger partial charge in [-0.3, -0.25) is 9.69 Å². The molecule has 2 heterocycles. The van der Waals surface area contributed by atoms with Crippen LogP contribution in [0.15, 0.2) is 29.6 Å². The first kappa shape index (κ1) is 16.1. The van der Waals surface area contributed by atoms with E-state index in [9.17, 15) is 9.59 Å². The van der Waals surface area contributed by atoms with Crippen LogP contribution in [0.25, 0.3) is 0 Å². The lowest BCUT2D eigenvalue weighted by atomic mass is 10.2. The number of urea groups is 1. The number of carbonyl (C=O) groups is 2. The molecule has 7 heteroatoms. The maximum absolute atomic E-state index is 12.3. The van der Waals surface area contributed by atoms with Crippen molar-refractivity contribution in [1.82, 2.24) is 14.8 Å². The van der Waals surface area contributed by atoms with Gasteiger partial charge in [0.1, 0.15) is 23.9 Å². The van der Waals surface area contributed by atoms with Crippen LogP contribution in [0.2, 0.25) is 0 Å². The number of amides is 3. The van der Waals surface area contributed by atoms with Gasteiger partial charge < -0.3 is 9.64 Å². The highest BCUT2D eigenvalue weighted by molar-refractivity contribution is 7.09. The lowest BCUT2D eigenvalue weighted by molar-refractivity contribution is -0.125. The van der Waals surface area contributed by atoms with E-state index in [2.05, 4.69) is 4.98 Å². The van der Waals surface area contributed by atoms with Crippen LogP contribution in [-0.4, -0.2) is 39.3 Å². The Balaban J connectivity index is 1.35. The number of hydrogen-bond acceptors (Lipinski definition) is 5. The minimum atomic E-state index is -0.182. The molecule has 2 aliphatic rings. The van der Waals surface area contributed by atoms with Gasteiger partial charge in [-0.05, 0) is 31.9 Å². The summed E-state index contributed by atoms with van der Waals surface area (Å²) in [6, 6.07) is 7.93. The first-order chi connectivity index (χ1) is 12.1. The summed E-state index contributed by atoms with van der Waals surface area (Å²) in [5.41, 5.74) is 1.91. The molecule has 130 valence electrons. The number of rotatable bonds is 6. The molecule has 1 saturated heterocycles. The fraction of sp³-hybridized carbons (Fsp3) is 0.389. The highest BCUT2D eigenvalue weighted by atomic mass is 32.1. The van der Waals surface area contributed by atoms with Crippen molar-refractivity contribution in [3.63, 3.8) is 0 Å². The number of aryl methyl sites for hydroxylation is 1. The Kier molecular flexibility index (Phi) is 4.17. The zero-order valence-electron chi connectivity index (χ0n) is 14.0. The summed E-state index contributed by atoms with van der Waals surface area (Å²) >= 11 is 1.48. The van der Waals surface area contributed by atoms with Crippen LogP contribution >= 0.6 is 11.3 Å². The molecule has 2 aromatic rings. The quantitative estimate of drug-likeness (QED) is 0.746. The van der Waals surface area contributed by atoms with E-state index in [1.165, 1.54) is 21.8 Å². The number of aromatic nitrogens is 1. The molecule has 1 aromatic heterocycles. The van der Waals surface area contributed by atoms with Crippen molar-refractivity contribution in [2.45, 2.75) is 39.0 Å². The molecule has 1 aliphatic heterocycles. The van der Waals surface area contributed by atoms with Crippen molar-refractivity contribution in [3.05, 3.63) is 45.9 Å². The van der Waals surface area contributed by atoms with Crippen molar-refractivity contribution < 1.29 is 14.3 Å². The zero-order chi connectivity index (χ0) is 17.4. The number of nitrogens with zero attached hydrogens (tertiary/aromatic N) is 3. The Morgan fingerprint density at radius 3 is 2.72 bits per heavy atom. The minimum Gasteiger partial charge on any atom is -0.486 e. The van der Waals surface area contributed by atoms with Gasteiger partial charge in [0.05, 0.1) is 12.2 Å². The second-order valence-corrected chi connectivity index (χ2v) is 7.40. The standard InChI is InChI=1S/C18H19N3O3S/c1-12-2-6-15(7-3-12)24-10-16-19-13(11-25-16)8-21-17(22)9-20(18(21)23)14-4-5-14/h2-3,6-7,11,14H,4-5,8-10H2,1H3. The average Bonchev–Trinajstić information content (AvgIpc) is 3.29. The van der Waals surface area contributed by atoms with Gasteiger partial charge in [-0.25, -0.2) is 9.78 Å². The van der Waals surface area contributed by atoms with Gasteiger partial charge >= 0.3 is 6.03 Å². The van der Waals surface area contributed by atoms with Gasteiger partial charge in [0.15, 0.2) is 0 Å². The normalized spacial score (nSPS) is 17.5. The number of benzene rings is 1. The summed E-state index contributed by atoms with van der Waals surface area (Å²) in [5.74, 6) is 0.662. The van der Waals surface area contributed by atoms with Crippen LogP contribution in [0, 0.1) is 6.92 Å². The topological polar surface area (TPSA) is 62.7 Å². The molecule has 0 radical (unpaired) electrons. The SMILES string of the molecule is Cc1ccc(OCc2nc(CN3C(=O)CN(C4CC4)C3=O)cs2)cc1. The fourth-order valence-corrected chi connectivity index (χ4v) is 3.51. The number of imide groups is 1. The van der Waals surface area contributed by atoms with Crippen molar-refractivity contribution in [1.29, 1.82) is 0 Å². The second-order valence-electron chi connectivity index (χ2n) is 6.46. The molecular formula is C18H19N3O3S. The summed E-state index contributed by atoms with van der Waals surface area (Å²) in [4.78, 5) is 31.9. The highest BCUT2D eigenvalue weighted by Gasteiger charge is 2.43. The molecule has 0 N–H and O–H groups in total. The van der Waals surface area contributed by atoms with Crippen molar-refractivity contribution >= 4 is 23.3 Å². The molecule has 1 saturated carbocycles. The molecule has 0 spiro atoms. The van der Waals surface area contributed by atoms with E-state index in [0.29, 0.717) is 6.61 Å². The molecule has 2 fully saturated rings. The van der Waals surface area contributed by atoms with Crippen LogP contribution in [-0.2, 0) is 17.9 Å². The van der Waals surface area contributed by atoms with E-state index in [1.807, 2.05) is 36.6 Å². The molecule has 6 nitrogen and oxygen atoms in total. The molecule has 0 bridgehead atoms. The number of ether oxygens (including phenoxy) is 1. The Labute approximate surface area is 150 Å².